The topological polar surface area (TPSA) is 12.0 Å². The molecule has 1 N–H and O–H groups in total. The third-order valence-corrected chi connectivity index (χ3v) is 3.65. The van der Waals surface area contributed by atoms with E-state index in [-0.39, 0.29) is 6.04 Å². The van der Waals surface area contributed by atoms with Crippen molar-refractivity contribution < 1.29 is 0 Å². The third-order valence-electron chi connectivity index (χ3n) is 2.13. The molecule has 0 saturated carbocycles. The van der Waals surface area contributed by atoms with Crippen molar-refractivity contribution in [3.63, 3.8) is 0 Å². The van der Waals surface area contributed by atoms with Gasteiger partial charge in [0.05, 0.1) is 8.67 Å². The summed E-state index contributed by atoms with van der Waals surface area (Å²) in [6.45, 7) is 5.32. The molecule has 14 heavy (non-hydrogen) atoms. The first kappa shape index (κ1) is 12.3. The first-order valence-corrected chi connectivity index (χ1v) is 6.40. The first-order chi connectivity index (χ1) is 6.65. The van der Waals surface area contributed by atoms with E-state index in [0.717, 1.165) is 20.8 Å². The van der Waals surface area contributed by atoms with Crippen molar-refractivity contribution in [2.24, 2.45) is 0 Å². The van der Waals surface area contributed by atoms with Crippen molar-refractivity contribution in [2.75, 3.05) is 6.54 Å². The summed E-state index contributed by atoms with van der Waals surface area (Å²) < 4.78 is 1.56. The van der Waals surface area contributed by atoms with Gasteiger partial charge in [0, 0.05) is 6.04 Å². The molecule has 0 fully saturated rings. The molecule has 1 rings (SSSR count). The van der Waals surface area contributed by atoms with Crippen LogP contribution in [0.5, 0.6) is 0 Å². The van der Waals surface area contributed by atoms with Crippen LogP contribution >= 0.6 is 34.5 Å². The summed E-state index contributed by atoms with van der Waals surface area (Å²) in [6.07, 6.45) is 2.40. The lowest BCUT2D eigenvalue weighted by Crippen LogP contribution is -2.19. The van der Waals surface area contributed by atoms with Crippen molar-refractivity contribution in [1.29, 1.82) is 0 Å². The fourth-order valence-electron chi connectivity index (χ4n) is 1.25. The standard InChI is InChI=1S/C10H15Cl2NS/c1-3-4-5-13-7(2)8-6-9(11)14-10(8)12/h6-7,13H,3-5H2,1-2H3. The molecule has 1 atom stereocenters. The lowest BCUT2D eigenvalue weighted by Gasteiger charge is -2.12. The van der Waals surface area contributed by atoms with Gasteiger partial charge in [-0.05, 0) is 31.5 Å². The number of hydrogen-bond acceptors (Lipinski definition) is 2. The zero-order valence-electron chi connectivity index (χ0n) is 8.44. The summed E-state index contributed by atoms with van der Waals surface area (Å²) in [7, 11) is 0. The van der Waals surface area contributed by atoms with Crippen LogP contribution < -0.4 is 5.32 Å². The summed E-state index contributed by atoms with van der Waals surface area (Å²) in [5, 5.41) is 3.42. The predicted molar refractivity (Wildman–Crippen MR) is 65.7 cm³/mol. The Bertz CT molecular complexity index is 286. The van der Waals surface area contributed by atoms with Crippen molar-refractivity contribution in [3.8, 4) is 0 Å². The molecule has 0 aliphatic carbocycles. The van der Waals surface area contributed by atoms with Gasteiger partial charge in [-0.15, -0.1) is 11.3 Å². The molecule has 0 aliphatic heterocycles. The number of unbranched alkanes of at least 4 members (excludes halogenated alkanes) is 1. The molecule has 80 valence electrons. The molecule has 0 amide bonds. The van der Waals surface area contributed by atoms with Crippen LogP contribution in [0.3, 0.4) is 0 Å². The second kappa shape index (κ2) is 5.96. The normalized spacial score (nSPS) is 13.1. The lowest BCUT2D eigenvalue weighted by molar-refractivity contribution is 0.556. The van der Waals surface area contributed by atoms with Gasteiger partial charge >= 0.3 is 0 Å². The van der Waals surface area contributed by atoms with Crippen molar-refractivity contribution in [3.05, 3.63) is 20.3 Å². The van der Waals surface area contributed by atoms with E-state index >= 15 is 0 Å². The third kappa shape index (κ3) is 3.43. The van der Waals surface area contributed by atoms with Crippen molar-refractivity contribution >= 4 is 34.5 Å². The smallest absolute Gasteiger partial charge is 0.0991 e. The Hall–Kier alpha value is 0.240. The molecule has 1 heterocycles. The van der Waals surface area contributed by atoms with E-state index in [4.69, 9.17) is 23.2 Å². The molecular weight excluding hydrogens is 237 g/mol. The SMILES string of the molecule is CCCCNC(C)c1cc(Cl)sc1Cl. The average molecular weight is 252 g/mol. The van der Waals surface area contributed by atoms with Crippen LogP contribution in [-0.4, -0.2) is 6.54 Å². The Morgan fingerprint density at radius 2 is 2.21 bits per heavy atom. The van der Waals surface area contributed by atoms with Crippen LogP contribution in [0.15, 0.2) is 6.07 Å². The van der Waals surface area contributed by atoms with E-state index in [1.165, 1.54) is 24.2 Å². The van der Waals surface area contributed by atoms with Crippen molar-refractivity contribution in [2.45, 2.75) is 32.7 Å². The number of halogens is 2. The zero-order valence-corrected chi connectivity index (χ0v) is 10.8. The van der Waals surface area contributed by atoms with Crippen LogP contribution in [0.25, 0.3) is 0 Å². The van der Waals surface area contributed by atoms with Crippen LogP contribution in [0.2, 0.25) is 8.67 Å². The minimum absolute atomic E-state index is 0.290. The highest BCUT2D eigenvalue weighted by Crippen LogP contribution is 2.34. The minimum Gasteiger partial charge on any atom is -0.310 e. The largest absolute Gasteiger partial charge is 0.310 e. The minimum atomic E-state index is 0.290. The molecule has 0 radical (unpaired) electrons. The van der Waals surface area contributed by atoms with E-state index in [9.17, 15) is 0 Å². The van der Waals surface area contributed by atoms with Crippen molar-refractivity contribution in [1.82, 2.24) is 5.32 Å². The van der Waals surface area contributed by atoms with Gasteiger partial charge in [-0.3, -0.25) is 0 Å². The predicted octanol–water partition coefficient (Wildman–Crippen LogP) is 4.51. The van der Waals surface area contributed by atoms with Gasteiger partial charge in [-0.1, -0.05) is 36.5 Å². The fourth-order valence-corrected chi connectivity index (χ4v) is 2.90. The number of hydrogen-bond donors (Lipinski definition) is 1. The highest BCUT2D eigenvalue weighted by molar-refractivity contribution is 7.20. The second-order valence-electron chi connectivity index (χ2n) is 3.31. The molecular formula is C10H15Cl2NS. The van der Waals surface area contributed by atoms with E-state index in [2.05, 4.69) is 19.2 Å². The molecule has 0 aromatic carbocycles. The van der Waals surface area contributed by atoms with Gasteiger partial charge in [0.1, 0.15) is 0 Å². The summed E-state index contributed by atoms with van der Waals surface area (Å²) in [5.41, 5.74) is 1.11. The van der Waals surface area contributed by atoms with E-state index in [1.807, 2.05) is 6.07 Å². The number of rotatable bonds is 5. The molecule has 1 aromatic heterocycles. The monoisotopic (exact) mass is 251 g/mol. The molecule has 0 spiro atoms. The van der Waals surface area contributed by atoms with Gasteiger partial charge in [-0.25, -0.2) is 0 Å². The Morgan fingerprint density at radius 3 is 2.71 bits per heavy atom. The summed E-state index contributed by atoms with van der Waals surface area (Å²) in [4.78, 5) is 0. The molecule has 1 aromatic rings. The van der Waals surface area contributed by atoms with Crippen LogP contribution in [-0.2, 0) is 0 Å². The highest BCUT2D eigenvalue weighted by atomic mass is 35.5. The Kier molecular flexibility index (Phi) is 5.24. The summed E-state index contributed by atoms with van der Waals surface area (Å²) >= 11 is 13.4. The molecule has 1 unspecified atom stereocenters. The summed E-state index contributed by atoms with van der Waals surface area (Å²) in [6, 6.07) is 2.23. The quantitative estimate of drug-likeness (QED) is 0.760. The number of nitrogens with one attached hydrogen (secondary N) is 1. The van der Waals surface area contributed by atoms with Crippen LogP contribution in [0.4, 0.5) is 0 Å². The maximum Gasteiger partial charge on any atom is 0.0991 e. The van der Waals surface area contributed by atoms with E-state index in [1.54, 1.807) is 0 Å². The van der Waals surface area contributed by atoms with E-state index in [0.29, 0.717) is 0 Å². The Morgan fingerprint density at radius 1 is 1.50 bits per heavy atom. The van der Waals surface area contributed by atoms with Crippen LogP contribution in [0.1, 0.15) is 38.3 Å². The van der Waals surface area contributed by atoms with Gasteiger partial charge in [0.15, 0.2) is 0 Å². The lowest BCUT2D eigenvalue weighted by atomic mass is 10.2. The Labute approximate surface area is 99.4 Å². The molecule has 0 aliphatic rings. The molecule has 0 bridgehead atoms. The fraction of sp³-hybridized carbons (Fsp3) is 0.600. The highest BCUT2D eigenvalue weighted by Gasteiger charge is 2.12. The zero-order chi connectivity index (χ0) is 10.6. The maximum atomic E-state index is 6.05. The Balaban J connectivity index is 2.51. The van der Waals surface area contributed by atoms with Crippen LogP contribution in [0, 0.1) is 0 Å². The van der Waals surface area contributed by atoms with Gasteiger partial charge in [0.25, 0.3) is 0 Å². The van der Waals surface area contributed by atoms with Gasteiger partial charge in [0.2, 0.25) is 0 Å². The van der Waals surface area contributed by atoms with Gasteiger partial charge in [-0.2, -0.15) is 0 Å². The average Bonchev–Trinajstić information content (AvgIpc) is 2.45. The second-order valence-corrected chi connectivity index (χ2v) is 5.59. The maximum absolute atomic E-state index is 6.05. The summed E-state index contributed by atoms with van der Waals surface area (Å²) in [5.74, 6) is 0. The number of thiophene rings is 1. The molecule has 0 saturated heterocycles. The molecule has 1 nitrogen and oxygen atoms in total. The van der Waals surface area contributed by atoms with Gasteiger partial charge < -0.3 is 5.32 Å². The van der Waals surface area contributed by atoms with E-state index < -0.39 is 0 Å². The molecule has 4 heteroatoms. The first-order valence-electron chi connectivity index (χ1n) is 4.83.